The smallest absolute Gasteiger partial charge is 0.237 e. The van der Waals surface area contributed by atoms with Crippen LogP contribution in [0.4, 0.5) is 0 Å². The summed E-state index contributed by atoms with van der Waals surface area (Å²) in [6.45, 7) is 5.28. The summed E-state index contributed by atoms with van der Waals surface area (Å²) in [5.74, 6) is -0.0687. The van der Waals surface area contributed by atoms with Crippen LogP contribution in [0.3, 0.4) is 0 Å². The summed E-state index contributed by atoms with van der Waals surface area (Å²) in [5, 5.41) is 2.92. The minimum absolute atomic E-state index is 0. The number of rotatable bonds is 7. The van der Waals surface area contributed by atoms with Crippen molar-refractivity contribution in [2.75, 3.05) is 39.4 Å². The van der Waals surface area contributed by atoms with E-state index in [9.17, 15) is 4.79 Å². The van der Waals surface area contributed by atoms with Gasteiger partial charge in [0, 0.05) is 19.6 Å². The van der Waals surface area contributed by atoms with Crippen molar-refractivity contribution in [3.63, 3.8) is 0 Å². The zero-order chi connectivity index (χ0) is 14.9. The molecule has 6 heteroatoms. The Morgan fingerprint density at radius 1 is 1.27 bits per heavy atom. The molecule has 22 heavy (non-hydrogen) atoms. The van der Waals surface area contributed by atoms with E-state index in [-0.39, 0.29) is 18.3 Å². The Labute approximate surface area is 138 Å². The van der Waals surface area contributed by atoms with Gasteiger partial charge in [0.1, 0.15) is 0 Å². The molecule has 5 nitrogen and oxygen atoms in total. The lowest BCUT2D eigenvalue weighted by molar-refractivity contribution is -0.122. The number of amides is 1. The average molecular weight is 328 g/mol. The largest absolute Gasteiger partial charge is 0.379 e. The third kappa shape index (κ3) is 6.75. The molecule has 2 rings (SSSR count). The van der Waals surface area contributed by atoms with E-state index < -0.39 is 6.04 Å². The van der Waals surface area contributed by atoms with E-state index in [1.54, 1.807) is 0 Å². The molecule has 0 saturated carbocycles. The first-order valence-corrected chi connectivity index (χ1v) is 7.63. The fourth-order valence-corrected chi connectivity index (χ4v) is 2.43. The molecule has 1 fully saturated rings. The molecule has 0 spiro atoms. The Bertz CT molecular complexity index is 425. The number of nitrogens with one attached hydrogen (secondary N) is 1. The molecule has 1 heterocycles. The van der Waals surface area contributed by atoms with Gasteiger partial charge in [-0.05, 0) is 24.9 Å². The second-order valence-electron chi connectivity index (χ2n) is 5.39. The van der Waals surface area contributed by atoms with E-state index in [2.05, 4.69) is 10.2 Å². The predicted octanol–water partition coefficient (Wildman–Crippen LogP) is 0.817. The van der Waals surface area contributed by atoms with Gasteiger partial charge < -0.3 is 15.8 Å². The normalized spacial score (nSPS) is 16.6. The highest BCUT2D eigenvalue weighted by Crippen LogP contribution is 2.02. The molecular weight excluding hydrogens is 302 g/mol. The van der Waals surface area contributed by atoms with Crippen LogP contribution >= 0.6 is 12.4 Å². The second kappa shape index (κ2) is 10.6. The molecule has 0 aromatic heterocycles. The molecule has 124 valence electrons. The number of hydrogen-bond acceptors (Lipinski definition) is 4. The molecule has 1 aromatic rings. The van der Waals surface area contributed by atoms with Crippen molar-refractivity contribution in [1.82, 2.24) is 10.2 Å². The zero-order valence-corrected chi connectivity index (χ0v) is 13.7. The summed E-state index contributed by atoms with van der Waals surface area (Å²) >= 11 is 0. The van der Waals surface area contributed by atoms with Crippen LogP contribution in [-0.4, -0.2) is 56.2 Å². The summed E-state index contributed by atoms with van der Waals surface area (Å²) in [5.41, 5.74) is 7.03. The second-order valence-corrected chi connectivity index (χ2v) is 5.39. The minimum atomic E-state index is -0.476. The van der Waals surface area contributed by atoms with Gasteiger partial charge >= 0.3 is 0 Å². The highest BCUT2D eigenvalue weighted by Gasteiger charge is 2.14. The maximum Gasteiger partial charge on any atom is 0.237 e. The number of benzene rings is 1. The third-order valence-electron chi connectivity index (χ3n) is 3.69. The topological polar surface area (TPSA) is 67.6 Å². The van der Waals surface area contributed by atoms with Crippen LogP contribution in [0.1, 0.15) is 12.0 Å². The number of nitrogens with two attached hydrogens (primary N) is 1. The molecule has 1 aliphatic rings. The molecule has 3 N–H and O–H groups in total. The molecule has 1 amide bonds. The van der Waals surface area contributed by atoms with Crippen molar-refractivity contribution < 1.29 is 9.53 Å². The van der Waals surface area contributed by atoms with Crippen LogP contribution in [0.5, 0.6) is 0 Å². The van der Waals surface area contributed by atoms with Gasteiger partial charge in [-0.3, -0.25) is 9.69 Å². The van der Waals surface area contributed by atoms with E-state index >= 15 is 0 Å². The molecule has 1 aromatic carbocycles. The highest BCUT2D eigenvalue weighted by atomic mass is 35.5. The number of morpholine rings is 1. The fraction of sp³-hybridized carbons (Fsp3) is 0.562. The van der Waals surface area contributed by atoms with Gasteiger partial charge in [-0.2, -0.15) is 0 Å². The van der Waals surface area contributed by atoms with E-state index in [0.717, 1.165) is 44.8 Å². The Balaban J connectivity index is 0.00000242. The van der Waals surface area contributed by atoms with Gasteiger partial charge in [0.2, 0.25) is 5.91 Å². The fourth-order valence-electron chi connectivity index (χ4n) is 2.43. The lowest BCUT2D eigenvalue weighted by atomic mass is 10.1. The Morgan fingerprint density at radius 3 is 2.64 bits per heavy atom. The Morgan fingerprint density at radius 2 is 1.95 bits per heavy atom. The summed E-state index contributed by atoms with van der Waals surface area (Å²) < 4.78 is 5.30. The predicted molar refractivity (Wildman–Crippen MR) is 90.3 cm³/mol. The first kappa shape index (κ1) is 18.9. The summed E-state index contributed by atoms with van der Waals surface area (Å²) in [4.78, 5) is 14.3. The number of nitrogens with zero attached hydrogens (tertiary/aromatic N) is 1. The molecular formula is C16H26ClN3O2. The first-order chi connectivity index (χ1) is 10.3. The number of carbonyl (C=O) groups excluding carboxylic acids is 1. The van der Waals surface area contributed by atoms with Gasteiger partial charge in [-0.25, -0.2) is 0 Å². The van der Waals surface area contributed by atoms with Crippen LogP contribution in [0, 0.1) is 0 Å². The van der Waals surface area contributed by atoms with E-state index in [0.29, 0.717) is 13.0 Å². The average Bonchev–Trinajstić information content (AvgIpc) is 2.53. The Kier molecular flexibility index (Phi) is 9.08. The van der Waals surface area contributed by atoms with E-state index in [1.807, 2.05) is 30.3 Å². The lowest BCUT2D eigenvalue weighted by Crippen LogP contribution is -2.43. The molecule has 1 aliphatic heterocycles. The molecule has 0 unspecified atom stereocenters. The maximum atomic E-state index is 11.9. The van der Waals surface area contributed by atoms with Crippen molar-refractivity contribution in [1.29, 1.82) is 0 Å². The quantitative estimate of drug-likeness (QED) is 0.728. The van der Waals surface area contributed by atoms with Crippen LogP contribution < -0.4 is 11.1 Å². The van der Waals surface area contributed by atoms with Crippen molar-refractivity contribution in [2.45, 2.75) is 18.9 Å². The highest BCUT2D eigenvalue weighted by molar-refractivity contribution is 5.85. The molecule has 0 bridgehead atoms. The van der Waals surface area contributed by atoms with Crippen molar-refractivity contribution >= 4 is 18.3 Å². The maximum absolute atomic E-state index is 11.9. The van der Waals surface area contributed by atoms with Crippen LogP contribution in [0.25, 0.3) is 0 Å². The number of carbonyl (C=O) groups is 1. The SMILES string of the molecule is Cl.N[C@H](Cc1ccccc1)C(=O)NCCCN1CCOCC1. The van der Waals surface area contributed by atoms with Gasteiger partial charge in [0.15, 0.2) is 0 Å². The number of ether oxygens (including phenoxy) is 1. The first-order valence-electron chi connectivity index (χ1n) is 7.63. The Hall–Kier alpha value is -1.14. The summed E-state index contributed by atoms with van der Waals surface area (Å²) in [6.07, 6.45) is 1.53. The van der Waals surface area contributed by atoms with Crippen molar-refractivity contribution in [2.24, 2.45) is 5.73 Å². The summed E-state index contributed by atoms with van der Waals surface area (Å²) in [6, 6.07) is 9.39. The van der Waals surface area contributed by atoms with Crippen LogP contribution in [-0.2, 0) is 16.0 Å². The number of halogens is 1. The van der Waals surface area contributed by atoms with Gasteiger partial charge in [0.05, 0.1) is 19.3 Å². The molecule has 0 aliphatic carbocycles. The standard InChI is InChI=1S/C16H25N3O2.ClH/c17-15(13-14-5-2-1-3-6-14)16(20)18-7-4-8-19-9-11-21-12-10-19;/h1-3,5-6,15H,4,7-13,17H2,(H,18,20);1H/t15-;/m1./s1. The van der Waals surface area contributed by atoms with E-state index in [1.165, 1.54) is 0 Å². The van der Waals surface area contributed by atoms with Gasteiger partial charge in [0.25, 0.3) is 0 Å². The summed E-state index contributed by atoms with van der Waals surface area (Å²) in [7, 11) is 0. The molecule has 1 saturated heterocycles. The molecule has 0 radical (unpaired) electrons. The van der Waals surface area contributed by atoms with Crippen LogP contribution in [0.15, 0.2) is 30.3 Å². The lowest BCUT2D eigenvalue weighted by Gasteiger charge is -2.26. The van der Waals surface area contributed by atoms with Crippen LogP contribution in [0.2, 0.25) is 0 Å². The van der Waals surface area contributed by atoms with Gasteiger partial charge in [-0.1, -0.05) is 30.3 Å². The van der Waals surface area contributed by atoms with Crippen molar-refractivity contribution in [3.8, 4) is 0 Å². The zero-order valence-electron chi connectivity index (χ0n) is 12.9. The van der Waals surface area contributed by atoms with E-state index in [4.69, 9.17) is 10.5 Å². The molecule has 1 atom stereocenters. The number of hydrogen-bond donors (Lipinski definition) is 2. The van der Waals surface area contributed by atoms with Gasteiger partial charge in [-0.15, -0.1) is 12.4 Å². The minimum Gasteiger partial charge on any atom is -0.379 e. The monoisotopic (exact) mass is 327 g/mol. The third-order valence-corrected chi connectivity index (χ3v) is 3.69. The van der Waals surface area contributed by atoms with Crippen molar-refractivity contribution in [3.05, 3.63) is 35.9 Å².